The Morgan fingerprint density at radius 2 is 1.92 bits per heavy atom. The number of benzene rings is 1. The molecular weight excluding hydrogens is 334 g/mol. The fourth-order valence-electron chi connectivity index (χ4n) is 2.13. The van der Waals surface area contributed by atoms with Gasteiger partial charge in [0.1, 0.15) is 0 Å². The van der Waals surface area contributed by atoms with Gasteiger partial charge >= 0.3 is 12.0 Å². The van der Waals surface area contributed by atoms with E-state index in [0.29, 0.717) is 10.6 Å². The van der Waals surface area contributed by atoms with Gasteiger partial charge in [-0.15, -0.1) is 0 Å². The molecule has 3 amide bonds. The lowest BCUT2D eigenvalue weighted by Crippen LogP contribution is -2.38. The molecule has 0 radical (unpaired) electrons. The van der Waals surface area contributed by atoms with Crippen molar-refractivity contribution in [1.82, 2.24) is 10.6 Å². The molecule has 1 fully saturated rings. The molecule has 1 aliphatic rings. The highest BCUT2D eigenvalue weighted by Crippen LogP contribution is 2.21. The monoisotopic (exact) mass is 353 g/mol. The summed E-state index contributed by atoms with van der Waals surface area (Å²) in [6.45, 7) is 1.51. The van der Waals surface area contributed by atoms with Crippen LogP contribution in [0, 0.1) is 0 Å². The van der Waals surface area contributed by atoms with Crippen LogP contribution in [0.4, 0.5) is 4.79 Å². The average Bonchev–Trinajstić information content (AvgIpc) is 3.30. The van der Waals surface area contributed by atoms with Crippen molar-refractivity contribution in [1.29, 1.82) is 0 Å². The third-order valence-corrected chi connectivity index (χ3v) is 3.81. The van der Waals surface area contributed by atoms with Crippen molar-refractivity contribution in [3.05, 3.63) is 34.9 Å². The van der Waals surface area contributed by atoms with Gasteiger partial charge in [-0.2, -0.15) is 0 Å². The molecule has 0 heterocycles. The number of ether oxygens (including phenoxy) is 1. The number of urea groups is 1. The molecule has 0 saturated heterocycles. The summed E-state index contributed by atoms with van der Waals surface area (Å²) in [6.07, 6.45) is 0.866. The van der Waals surface area contributed by atoms with Crippen LogP contribution in [0.1, 0.15) is 37.8 Å². The Bertz CT molecular complexity index is 616. The standard InChI is InChI=1S/C16H20ClN3O4/c1-9(15(22)19-12-6-7-12)24-14(21)8-13(20-16(18)23)10-2-4-11(17)5-3-10/h2-5,9,12-13H,6-8H2,1H3,(H,19,22)(H3,18,20,23)/t9-,13+/m1/s1. The van der Waals surface area contributed by atoms with Gasteiger partial charge in [0, 0.05) is 11.1 Å². The first-order valence-electron chi connectivity index (χ1n) is 7.66. The van der Waals surface area contributed by atoms with Crippen molar-refractivity contribution in [2.45, 2.75) is 44.4 Å². The van der Waals surface area contributed by atoms with Crippen LogP contribution in [-0.2, 0) is 14.3 Å². The summed E-state index contributed by atoms with van der Waals surface area (Å²) in [7, 11) is 0. The molecule has 1 aromatic carbocycles. The van der Waals surface area contributed by atoms with Crippen LogP contribution < -0.4 is 16.4 Å². The first-order valence-corrected chi connectivity index (χ1v) is 8.04. The number of rotatable bonds is 7. The van der Waals surface area contributed by atoms with Gasteiger partial charge in [-0.3, -0.25) is 9.59 Å². The minimum Gasteiger partial charge on any atom is -0.452 e. The van der Waals surface area contributed by atoms with E-state index in [4.69, 9.17) is 22.1 Å². The van der Waals surface area contributed by atoms with E-state index in [0.717, 1.165) is 12.8 Å². The molecule has 130 valence electrons. The Labute approximate surface area is 144 Å². The Morgan fingerprint density at radius 1 is 1.29 bits per heavy atom. The molecule has 0 bridgehead atoms. The number of halogens is 1. The normalized spacial score (nSPS) is 15.9. The van der Waals surface area contributed by atoms with Gasteiger partial charge < -0.3 is 21.1 Å². The van der Waals surface area contributed by atoms with E-state index in [2.05, 4.69) is 10.6 Å². The molecule has 0 aromatic heterocycles. The average molecular weight is 354 g/mol. The van der Waals surface area contributed by atoms with Crippen LogP contribution in [0.3, 0.4) is 0 Å². The summed E-state index contributed by atoms with van der Waals surface area (Å²) < 4.78 is 5.13. The van der Waals surface area contributed by atoms with Crippen molar-refractivity contribution in [3.8, 4) is 0 Å². The molecule has 24 heavy (non-hydrogen) atoms. The van der Waals surface area contributed by atoms with Crippen LogP contribution in [-0.4, -0.2) is 30.1 Å². The predicted molar refractivity (Wildman–Crippen MR) is 88.2 cm³/mol. The SMILES string of the molecule is C[C@@H](OC(=O)C[C@H](NC(N)=O)c1ccc(Cl)cc1)C(=O)NC1CC1. The first-order chi connectivity index (χ1) is 11.3. The van der Waals surface area contributed by atoms with Gasteiger partial charge in [0.2, 0.25) is 0 Å². The molecular formula is C16H20ClN3O4. The highest BCUT2D eigenvalue weighted by molar-refractivity contribution is 6.30. The predicted octanol–water partition coefficient (Wildman–Crippen LogP) is 1.65. The summed E-state index contributed by atoms with van der Waals surface area (Å²) in [6, 6.07) is 5.41. The summed E-state index contributed by atoms with van der Waals surface area (Å²) in [5.74, 6) is -0.932. The summed E-state index contributed by atoms with van der Waals surface area (Å²) in [4.78, 5) is 35.0. The number of esters is 1. The molecule has 2 rings (SSSR count). The molecule has 1 saturated carbocycles. The quantitative estimate of drug-likeness (QED) is 0.647. The van der Waals surface area contributed by atoms with Crippen molar-refractivity contribution in [2.75, 3.05) is 0 Å². The van der Waals surface area contributed by atoms with Gasteiger partial charge in [0.25, 0.3) is 5.91 Å². The van der Waals surface area contributed by atoms with Crippen LogP contribution in [0.2, 0.25) is 5.02 Å². The zero-order valence-corrected chi connectivity index (χ0v) is 14.0. The van der Waals surface area contributed by atoms with Gasteiger partial charge in [-0.1, -0.05) is 23.7 Å². The van der Waals surface area contributed by atoms with E-state index in [1.165, 1.54) is 6.92 Å². The number of carbonyl (C=O) groups is 3. The maximum absolute atomic E-state index is 12.1. The third kappa shape index (κ3) is 5.73. The Morgan fingerprint density at radius 3 is 2.46 bits per heavy atom. The molecule has 7 nitrogen and oxygen atoms in total. The number of hydrogen-bond donors (Lipinski definition) is 3. The Balaban J connectivity index is 1.94. The molecule has 1 aliphatic carbocycles. The minimum atomic E-state index is -0.891. The van der Waals surface area contributed by atoms with Gasteiger partial charge in [-0.05, 0) is 37.5 Å². The van der Waals surface area contributed by atoms with E-state index >= 15 is 0 Å². The minimum absolute atomic E-state index is 0.147. The van der Waals surface area contributed by atoms with E-state index in [9.17, 15) is 14.4 Å². The molecule has 8 heteroatoms. The van der Waals surface area contributed by atoms with Crippen molar-refractivity contribution in [2.24, 2.45) is 5.73 Å². The second kappa shape index (κ2) is 8.01. The molecule has 0 spiro atoms. The number of hydrogen-bond acceptors (Lipinski definition) is 4. The number of primary amides is 1. The zero-order chi connectivity index (χ0) is 17.7. The van der Waals surface area contributed by atoms with E-state index in [1.807, 2.05) is 0 Å². The Kier molecular flexibility index (Phi) is 6.03. The molecule has 1 aromatic rings. The fraction of sp³-hybridized carbons (Fsp3) is 0.438. The first kappa shape index (κ1) is 18.1. The molecule has 2 atom stereocenters. The largest absolute Gasteiger partial charge is 0.452 e. The van der Waals surface area contributed by atoms with Crippen molar-refractivity contribution < 1.29 is 19.1 Å². The van der Waals surface area contributed by atoms with Crippen LogP contribution in [0.25, 0.3) is 0 Å². The van der Waals surface area contributed by atoms with Gasteiger partial charge in [-0.25, -0.2) is 4.79 Å². The van der Waals surface area contributed by atoms with Crippen molar-refractivity contribution in [3.63, 3.8) is 0 Å². The topological polar surface area (TPSA) is 111 Å². The Hall–Kier alpha value is -2.28. The second-order valence-electron chi connectivity index (χ2n) is 5.73. The van der Waals surface area contributed by atoms with Crippen molar-refractivity contribution >= 4 is 29.5 Å². The maximum Gasteiger partial charge on any atom is 0.312 e. The third-order valence-electron chi connectivity index (χ3n) is 3.56. The summed E-state index contributed by atoms with van der Waals surface area (Å²) in [5.41, 5.74) is 5.81. The van der Waals surface area contributed by atoms with Crippen LogP contribution in [0.5, 0.6) is 0 Å². The van der Waals surface area contributed by atoms with E-state index in [1.54, 1.807) is 24.3 Å². The van der Waals surface area contributed by atoms with Crippen LogP contribution in [0.15, 0.2) is 24.3 Å². The number of nitrogens with one attached hydrogen (secondary N) is 2. The highest BCUT2D eigenvalue weighted by atomic mass is 35.5. The molecule has 0 unspecified atom stereocenters. The summed E-state index contributed by atoms with van der Waals surface area (Å²) >= 11 is 5.83. The van der Waals surface area contributed by atoms with Crippen LogP contribution >= 0.6 is 11.6 Å². The number of amides is 3. The molecule has 4 N–H and O–H groups in total. The van der Waals surface area contributed by atoms with E-state index in [-0.39, 0.29) is 18.4 Å². The second-order valence-corrected chi connectivity index (χ2v) is 6.17. The highest BCUT2D eigenvalue weighted by Gasteiger charge is 2.28. The van der Waals surface area contributed by atoms with Gasteiger partial charge in [0.15, 0.2) is 6.10 Å². The molecule has 0 aliphatic heterocycles. The smallest absolute Gasteiger partial charge is 0.312 e. The summed E-state index contributed by atoms with van der Waals surface area (Å²) in [5, 5.41) is 5.78. The van der Waals surface area contributed by atoms with E-state index < -0.39 is 24.1 Å². The number of carbonyl (C=O) groups excluding carboxylic acids is 3. The zero-order valence-electron chi connectivity index (χ0n) is 13.3. The fourth-order valence-corrected chi connectivity index (χ4v) is 2.26. The lowest BCUT2D eigenvalue weighted by atomic mass is 10.0. The number of nitrogens with two attached hydrogens (primary N) is 1. The van der Waals surface area contributed by atoms with Gasteiger partial charge in [0.05, 0.1) is 12.5 Å². The lowest BCUT2D eigenvalue weighted by Gasteiger charge is -2.19. The maximum atomic E-state index is 12.1. The lowest BCUT2D eigenvalue weighted by molar-refractivity contribution is -0.155.